The number of aromatic nitrogens is 1. The average molecular weight is 353 g/mol. The summed E-state index contributed by atoms with van der Waals surface area (Å²) in [6.45, 7) is 12.3. The molecule has 0 saturated carbocycles. The molecule has 0 spiro atoms. The predicted octanol–water partition coefficient (Wildman–Crippen LogP) is 3.16. The Hall–Kier alpha value is -1.89. The highest BCUT2D eigenvalue weighted by atomic mass is 32.1. The van der Waals surface area contributed by atoms with E-state index >= 15 is 0 Å². The van der Waals surface area contributed by atoms with Gasteiger partial charge in [-0.2, -0.15) is 0 Å². The number of carbonyl (C=O) groups excluding carboxylic acids is 2. The molecule has 1 heterocycles. The Morgan fingerprint density at radius 3 is 2.54 bits per heavy atom. The fourth-order valence-electron chi connectivity index (χ4n) is 2.08. The van der Waals surface area contributed by atoms with Crippen molar-refractivity contribution in [3.8, 4) is 0 Å². The third-order valence-electron chi connectivity index (χ3n) is 3.45. The Morgan fingerprint density at radius 2 is 2.08 bits per heavy atom. The molecule has 0 aliphatic carbocycles. The molecular weight excluding hydrogens is 326 g/mol. The van der Waals surface area contributed by atoms with Crippen LogP contribution in [-0.2, 0) is 16.1 Å². The van der Waals surface area contributed by atoms with Gasteiger partial charge in [0.2, 0.25) is 0 Å². The zero-order chi connectivity index (χ0) is 18.3. The van der Waals surface area contributed by atoms with Crippen molar-refractivity contribution in [2.24, 2.45) is 5.92 Å². The maximum absolute atomic E-state index is 12.5. The average Bonchev–Trinajstić information content (AvgIpc) is 2.99. The molecule has 1 rings (SSSR count). The summed E-state index contributed by atoms with van der Waals surface area (Å²) >= 11 is 1.59. The molecule has 1 aromatic heterocycles. The van der Waals surface area contributed by atoms with Gasteiger partial charge < -0.3 is 15.0 Å². The number of amides is 2. The van der Waals surface area contributed by atoms with E-state index in [2.05, 4.69) is 30.7 Å². The predicted molar refractivity (Wildman–Crippen MR) is 96.0 cm³/mol. The van der Waals surface area contributed by atoms with E-state index in [1.165, 1.54) is 7.11 Å². The van der Waals surface area contributed by atoms with Crippen molar-refractivity contribution in [2.45, 2.75) is 46.2 Å². The lowest BCUT2D eigenvalue weighted by atomic mass is 10.1. The molecule has 1 N–H and O–H groups in total. The van der Waals surface area contributed by atoms with Gasteiger partial charge in [-0.3, -0.25) is 0 Å². The maximum Gasteiger partial charge on any atom is 0.328 e. The molecule has 24 heavy (non-hydrogen) atoms. The molecule has 0 radical (unpaired) electrons. The second-order valence-corrected chi connectivity index (χ2v) is 7.08. The minimum atomic E-state index is -0.684. The Labute approximate surface area is 147 Å². The molecule has 7 heteroatoms. The van der Waals surface area contributed by atoms with Crippen LogP contribution in [0.3, 0.4) is 0 Å². The fourth-order valence-corrected chi connectivity index (χ4v) is 2.91. The van der Waals surface area contributed by atoms with Crippen molar-refractivity contribution < 1.29 is 14.3 Å². The van der Waals surface area contributed by atoms with Gasteiger partial charge in [-0.15, -0.1) is 17.9 Å². The van der Waals surface area contributed by atoms with Gasteiger partial charge in [0, 0.05) is 17.8 Å². The second-order valence-electron chi connectivity index (χ2n) is 6.20. The van der Waals surface area contributed by atoms with Gasteiger partial charge in [0.15, 0.2) is 0 Å². The Bertz CT molecular complexity index is 569. The standard InChI is InChI=1S/C17H27N3O3S/c1-7-8-20(9-13-10-24-15(18-13)12(4)5)17(22)19-14(11(2)3)16(21)23-6/h7,10-12,14H,1,8-9H2,2-6H3,(H,19,22). The number of nitrogens with zero attached hydrogens (tertiary/aromatic N) is 2. The number of carbonyl (C=O) groups is 2. The number of esters is 1. The zero-order valence-corrected chi connectivity index (χ0v) is 15.9. The normalized spacial score (nSPS) is 12.1. The number of ether oxygens (including phenoxy) is 1. The summed E-state index contributed by atoms with van der Waals surface area (Å²) < 4.78 is 4.76. The topological polar surface area (TPSA) is 71.5 Å². The first-order valence-corrected chi connectivity index (χ1v) is 8.86. The van der Waals surface area contributed by atoms with Crippen LogP contribution < -0.4 is 5.32 Å². The quantitative estimate of drug-likeness (QED) is 0.576. The molecule has 0 fully saturated rings. The lowest BCUT2D eigenvalue weighted by Crippen LogP contribution is -2.50. The number of methoxy groups -OCH3 is 1. The highest BCUT2D eigenvalue weighted by Gasteiger charge is 2.27. The van der Waals surface area contributed by atoms with Crippen molar-refractivity contribution in [1.29, 1.82) is 0 Å². The number of hydrogen-bond acceptors (Lipinski definition) is 5. The van der Waals surface area contributed by atoms with Crippen molar-refractivity contribution >= 4 is 23.3 Å². The van der Waals surface area contributed by atoms with Crippen LogP contribution in [0.4, 0.5) is 4.79 Å². The molecular formula is C17H27N3O3S. The van der Waals surface area contributed by atoms with Crippen LogP contribution in [0.5, 0.6) is 0 Å². The first-order valence-electron chi connectivity index (χ1n) is 7.98. The molecule has 1 unspecified atom stereocenters. The Kier molecular flexibility index (Phi) is 7.91. The molecule has 6 nitrogen and oxygen atoms in total. The molecule has 1 atom stereocenters. The van der Waals surface area contributed by atoms with E-state index in [0.29, 0.717) is 19.0 Å². The van der Waals surface area contributed by atoms with E-state index in [1.807, 2.05) is 19.2 Å². The summed E-state index contributed by atoms with van der Waals surface area (Å²) in [7, 11) is 1.31. The van der Waals surface area contributed by atoms with E-state index in [4.69, 9.17) is 4.74 Å². The summed E-state index contributed by atoms with van der Waals surface area (Å²) in [5.74, 6) is -0.165. The first-order chi connectivity index (χ1) is 11.3. The third kappa shape index (κ3) is 5.63. The minimum absolute atomic E-state index is 0.0706. The summed E-state index contributed by atoms with van der Waals surface area (Å²) in [4.78, 5) is 30.5. The van der Waals surface area contributed by atoms with Crippen molar-refractivity contribution in [3.05, 3.63) is 28.7 Å². The van der Waals surface area contributed by atoms with E-state index in [9.17, 15) is 9.59 Å². The Balaban J connectivity index is 2.83. The maximum atomic E-state index is 12.5. The summed E-state index contributed by atoms with van der Waals surface area (Å²) in [5.41, 5.74) is 0.833. The van der Waals surface area contributed by atoms with Gasteiger partial charge in [-0.25, -0.2) is 14.6 Å². The minimum Gasteiger partial charge on any atom is -0.467 e. The van der Waals surface area contributed by atoms with Crippen LogP contribution in [-0.4, -0.2) is 41.6 Å². The number of urea groups is 1. The third-order valence-corrected chi connectivity index (χ3v) is 4.65. The summed E-state index contributed by atoms with van der Waals surface area (Å²) in [6.07, 6.45) is 1.65. The van der Waals surface area contributed by atoms with Crippen molar-refractivity contribution in [3.63, 3.8) is 0 Å². The van der Waals surface area contributed by atoms with Gasteiger partial charge >= 0.3 is 12.0 Å². The summed E-state index contributed by atoms with van der Waals surface area (Å²) in [6, 6.07) is -1.02. The second kappa shape index (κ2) is 9.42. The van der Waals surface area contributed by atoms with Crippen molar-refractivity contribution in [2.75, 3.05) is 13.7 Å². The van der Waals surface area contributed by atoms with Crippen molar-refractivity contribution in [1.82, 2.24) is 15.2 Å². The molecule has 0 aliphatic heterocycles. The number of rotatable bonds is 8. The fraction of sp³-hybridized carbons (Fsp3) is 0.588. The summed E-state index contributed by atoms with van der Waals surface area (Å²) in [5, 5.41) is 5.74. The lowest BCUT2D eigenvalue weighted by molar-refractivity contribution is -0.144. The smallest absolute Gasteiger partial charge is 0.328 e. The molecule has 0 bridgehead atoms. The lowest BCUT2D eigenvalue weighted by Gasteiger charge is -2.25. The molecule has 0 aromatic carbocycles. The largest absolute Gasteiger partial charge is 0.467 e. The molecule has 134 valence electrons. The van der Waals surface area contributed by atoms with Gasteiger partial charge in [0.1, 0.15) is 6.04 Å². The van der Waals surface area contributed by atoms with Crippen LogP contribution in [0.1, 0.15) is 44.3 Å². The van der Waals surface area contributed by atoms with Gasteiger partial charge in [-0.05, 0) is 5.92 Å². The molecule has 1 aromatic rings. The van der Waals surface area contributed by atoms with E-state index in [-0.39, 0.29) is 11.9 Å². The van der Waals surface area contributed by atoms with Crippen LogP contribution in [0.2, 0.25) is 0 Å². The first kappa shape index (κ1) is 20.2. The highest BCUT2D eigenvalue weighted by Crippen LogP contribution is 2.20. The Morgan fingerprint density at radius 1 is 1.42 bits per heavy atom. The van der Waals surface area contributed by atoms with Gasteiger partial charge in [-0.1, -0.05) is 33.8 Å². The number of thiazole rings is 1. The molecule has 0 saturated heterocycles. The number of hydrogen-bond donors (Lipinski definition) is 1. The SMILES string of the molecule is C=CCN(Cc1csc(C(C)C)n1)C(=O)NC(C(=O)OC)C(C)C. The van der Waals surface area contributed by atoms with E-state index < -0.39 is 12.0 Å². The van der Waals surface area contributed by atoms with Crippen LogP contribution in [0, 0.1) is 5.92 Å². The van der Waals surface area contributed by atoms with Gasteiger partial charge in [0.05, 0.1) is 24.4 Å². The molecule has 2 amide bonds. The van der Waals surface area contributed by atoms with Crippen LogP contribution >= 0.6 is 11.3 Å². The zero-order valence-electron chi connectivity index (χ0n) is 15.0. The molecule has 0 aliphatic rings. The van der Waals surface area contributed by atoms with Crippen LogP contribution in [0.15, 0.2) is 18.0 Å². The van der Waals surface area contributed by atoms with E-state index in [0.717, 1.165) is 10.7 Å². The van der Waals surface area contributed by atoms with Gasteiger partial charge in [0.25, 0.3) is 0 Å². The highest BCUT2D eigenvalue weighted by molar-refractivity contribution is 7.09. The van der Waals surface area contributed by atoms with Crippen LogP contribution in [0.25, 0.3) is 0 Å². The van der Waals surface area contributed by atoms with E-state index in [1.54, 1.807) is 22.3 Å². The monoisotopic (exact) mass is 353 g/mol. The number of nitrogens with one attached hydrogen (secondary N) is 1.